The zero-order valence-electron chi connectivity index (χ0n) is 11.9. The highest BCUT2D eigenvalue weighted by Crippen LogP contribution is 2.25. The Morgan fingerprint density at radius 2 is 2.15 bits per heavy atom. The molecule has 0 bridgehead atoms. The number of nitrogens with one attached hydrogen (secondary N) is 1. The molecule has 104 valence electrons. The lowest BCUT2D eigenvalue weighted by Crippen LogP contribution is -2.20. The highest BCUT2D eigenvalue weighted by atomic mass is 32.1. The number of aromatic nitrogens is 3. The largest absolute Gasteiger partial charge is 0.331 e. The minimum atomic E-state index is 0.262. The van der Waals surface area contributed by atoms with E-state index in [2.05, 4.69) is 47.0 Å². The second-order valence-corrected chi connectivity index (χ2v) is 5.81. The fourth-order valence-electron chi connectivity index (χ4n) is 2.53. The number of hydrogen-bond acceptors (Lipinski definition) is 4. The zero-order chi connectivity index (χ0) is 14.1. The van der Waals surface area contributed by atoms with Crippen LogP contribution < -0.4 is 5.32 Å². The van der Waals surface area contributed by atoms with Gasteiger partial charge in [-0.1, -0.05) is 12.1 Å². The molecule has 0 amide bonds. The second-order valence-electron chi connectivity index (χ2n) is 4.92. The summed E-state index contributed by atoms with van der Waals surface area (Å²) in [6, 6.07) is 8.51. The molecule has 1 aromatic carbocycles. The molecule has 0 fully saturated rings. The van der Waals surface area contributed by atoms with Gasteiger partial charge in [0.1, 0.15) is 5.82 Å². The van der Waals surface area contributed by atoms with Gasteiger partial charge in [-0.2, -0.15) is 0 Å². The third-order valence-corrected chi connectivity index (χ3v) is 4.76. The van der Waals surface area contributed by atoms with Crippen molar-refractivity contribution < 1.29 is 0 Å². The molecule has 0 spiro atoms. The molecule has 4 nitrogen and oxygen atoms in total. The SMILES string of the molecule is CNC(Cc1nc2ccccc2n1C)c1scnc1C. The van der Waals surface area contributed by atoms with Crippen LogP contribution in [-0.2, 0) is 13.5 Å². The number of hydrogen-bond donors (Lipinski definition) is 1. The molecule has 3 rings (SSSR count). The highest BCUT2D eigenvalue weighted by molar-refractivity contribution is 7.09. The number of imidazole rings is 1. The van der Waals surface area contributed by atoms with Crippen LogP contribution in [0.5, 0.6) is 0 Å². The van der Waals surface area contributed by atoms with Gasteiger partial charge < -0.3 is 9.88 Å². The molecule has 1 N–H and O–H groups in total. The Kier molecular flexibility index (Phi) is 3.54. The predicted octanol–water partition coefficient (Wildman–Crippen LogP) is 2.84. The summed E-state index contributed by atoms with van der Waals surface area (Å²) in [7, 11) is 4.07. The Hall–Kier alpha value is -1.72. The average molecular weight is 286 g/mol. The van der Waals surface area contributed by atoms with Gasteiger partial charge in [-0.15, -0.1) is 11.3 Å². The van der Waals surface area contributed by atoms with Crippen LogP contribution >= 0.6 is 11.3 Å². The molecule has 0 saturated heterocycles. The minimum Gasteiger partial charge on any atom is -0.331 e. The third-order valence-electron chi connectivity index (χ3n) is 3.71. The predicted molar refractivity (Wildman–Crippen MR) is 83.1 cm³/mol. The summed E-state index contributed by atoms with van der Waals surface area (Å²) in [4.78, 5) is 10.4. The number of nitrogens with zero attached hydrogens (tertiary/aromatic N) is 3. The molecule has 1 unspecified atom stereocenters. The number of benzene rings is 1. The lowest BCUT2D eigenvalue weighted by atomic mass is 10.1. The van der Waals surface area contributed by atoms with E-state index in [1.54, 1.807) is 11.3 Å². The molecule has 5 heteroatoms. The van der Waals surface area contributed by atoms with Gasteiger partial charge in [-0.05, 0) is 26.1 Å². The zero-order valence-corrected chi connectivity index (χ0v) is 12.7. The number of fused-ring (bicyclic) bond motifs is 1. The second kappa shape index (κ2) is 5.34. The maximum atomic E-state index is 4.75. The highest BCUT2D eigenvalue weighted by Gasteiger charge is 2.18. The van der Waals surface area contributed by atoms with Crippen LogP contribution in [-0.4, -0.2) is 21.6 Å². The summed E-state index contributed by atoms with van der Waals surface area (Å²) in [6.45, 7) is 2.06. The number of para-hydroxylation sites is 2. The van der Waals surface area contributed by atoms with Crippen LogP contribution in [0.4, 0.5) is 0 Å². The third kappa shape index (κ3) is 2.23. The summed E-state index contributed by atoms with van der Waals surface area (Å²) in [5.74, 6) is 1.10. The summed E-state index contributed by atoms with van der Waals surface area (Å²) in [5.41, 5.74) is 5.25. The van der Waals surface area contributed by atoms with Gasteiger partial charge in [0.2, 0.25) is 0 Å². The molecular formula is C15H18N4S. The summed E-state index contributed by atoms with van der Waals surface area (Å²) < 4.78 is 2.18. The van der Waals surface area contributed by atoms with E-state index in [1.807, 2.05) is 18.6 Å². The van der Waals surface area contributed by atoms with Crippen molar-refractivity contribution in [2.45, 2.75) is 19.4 Å². The van der Waals surface area contributed by atoms with Crippen LogP contribution in [0.15, 0.2) is 29.8 Å². The number of aryl methyl sites for hydroxylation is 2. The van der Waals surface area contributed by atoms with Crippen LogP contribution in [0.3, 0.4) is 0 Å². The first-order valence-electron chi connectivity index (χ1n) is 6.68. The van der Waals surface area contributed by atoms with Crippen molar-refractivity contribution in [2.75, 3.05) is 7.05 Å². The monoisotopic (exact) mass is 286 g/mol. The fraction of sp³-hybridized carbons (Fsp3) is 0.333. The van der Waals surface area contributed by atoms with Gasteiger partial charge in [0.25, 0.3) is 0 Å². The van der Waals surface area contributed by atoms with Crippen molar-refractivity contribution >= 4 is 22.4 Å². The molecule has 3 aromatic rings. The Labute approximate surface area is 122 Å². The Balaban J connectivity index is 1.95. The molecule has 20 heavy (non-hydrogen) atoms. The Morgan fingerprint density at radius 1 is 1.35 bits per heavy atom. The summed E-state index contributed by atoms with van der Waals surface area (Å²) in [5, 5.41) is 3.38. The molecule has 0 radical (unpaired) electrons. The van der Waals surface area contributed by atoms with Gasteiger partial charge in [-0.25, -0.2) is 9.97 Å². The topological polar surface area (TPSA) is 42.7 Å². The van der Waals surface area contributed by atoms with Gasteiger partial charge in [0.05, 0.1) is 28.3 Å². The van der Waals surface area contributed by atoms with Gasteiger partial charge in [0, 0.05) is 18.3 Å². The number of rotatable bonds is 4. The smallest absolute Gasteiger partial charge is 0.111 e. The first-order valence-corrected chi connectivity index (χ1v) is 7.56. The van der Waals surface area contributed by atoms with Crippen LogP contribution in [0.1, 0.15) is 22.4 Å². The van der Waals surface area contributed by atoms with E-state index < -0.39 is 0 Å². The maximum absolute atomic E-state index is 4.75. The van der Waals surface area contributed by atoms with Crippen molar-refractivity contribution in [1.29, 1.82) is 0 Å². The number of thiazole rings is 1. The van der Waals surface area contributed by atoms with Gasteiger partial charge >= 0.3 is 0 Å². The van der Waals surface area contributed by atoms with Crippen molar-refractivity contribution in [3.63, 3.8) is 0 Å². The molecule has 2 heterocycles. The molecular weight excluding hydrogens is 268 g/mol. The summed E-state index contributed by atoms with van der Waals surface area (Å²) >= 11 is 1.70. The quantitative estimate of drug-likeness (QED) is 0.802. The van der Waals surface area contributed by atoms with Crippen molar-refractivity contribution in [3.05, 3.63) is 46.2 Å². The van der Waals surface area contributed by atoms with Crippen molar-refractivity contribution in [2.24, 2.45) is 7.05 Å². The molecule has 0 aliphatic carbocycles. The fourth-order valence-corrected chi connectivity index (χ4v) is 3.44. The molecule has 0 aliphatic rings. The van der Waals surface area contributed by atoms with Gasteiger partial charge in [0.15, 0.2) is 0 Å². The minimum absolute atomic E-state index is 0.262. The molecule has 0 aliphatic heterocycles. The van der Waals surface area contributed by atoms with Gasteiger partial charge in [-0.3, -0.25) is 0 Å². The molecule has 1 atom stereocenters. The molecule has 0 saturated carbocycles. The van der Waals surface area contributed by atoms with E-state index in [0.29, 0.717) is 0 Å². The Morgan fingerprint density at radius 3 is 2.80 bits per heavy atom. The average Bonchev–Trinajstić information content (AvgIpc) is 3.01. The lowest BCUT2D eigenvalue weighted by Gasteiger charge is -2.15. The standard InChI is InChI=1S/C15H18N4S/c1-10-15(20-9-17-10)12(16-2)8-14-18-11-6-4-5-7-13(11)19(14)3/h4-7,9,12,16H,8H2,1-3H3. The molecule has 2 aromatic heterocycles. The van der Waals surface area contributed by atoms with E-state index in [1.165, 1.54) is 10.4 Å². The van der Waals surface area contributed by atoms with Crippen LogP contribution in [0.25, 0.3) is 11.0 Å². The van der Waals surface area contributed by atoms with E-state index in [0.717, 1.165) is 23.5 Å². The maximum Gasteiger partial charge on any atom is 0.111 e. The Bertz CT molecular complexity index is 728. The van der Waals surface area contributed by atoms with Crippen LogP contribution in [0.2, 0.25) is 0 Å². The normalized spacial score (nSPS) is 12.9. The van der Waals surface area contributed by atoms with Crippen molar-refractivity contribution in [1.82, 2.24) is 19.9 Å². The van der Waals surface area contributed by atoms with E-state index in [-0.39, 0.29) is 6.04 Å². The lowest BCUT2D eigenvalue weighted by molar-refractivity contribution is 0.571. The van der Waals surface area contributed by atoms with E-state index in [4.69, 9.17) is 4.98 Å². The number of likely N-dealkylation sites (N-methyl/N-ethyl adjacent to an activating group) is 1. The van der Waals surface area contributed by atoms with E-state index in [9.17, 15) is 0 Å². The first-order chi connectivity index (χ1) is 9.70. The van der Waals surface area contributed by atoms with Crippen LogP contribution in [0, 0.1) is 6.92 Å². The summed E-state index contributed by atoms with van der Waals surface area (Å²) in [6.07, 6.45) is 0.866. The van der Waals surface area contributed by atoms with Crippen molar-refractivity contribution in [3.8, 4) is 0 Å². The van der Waals surface area contributed by atoms with E-state index >= 15 is 0 Å². The first kappa shape index (κ1) is 13.3.